The van der Waals surface area contributed by atoms with Crippen LogP contribution in [0.1, 0.15) is 0 Å². The Bertz CT molecular complexity index is 834. The van der Waals surface area contributed by atoms with E-state index in [0.29, 0.717) is 24.0 Å². The number of rotatable bonds is 6. The fourth-order valence-corrected chi connectivity index (χ4v) is 2.14. The summed E-state index contributed by atoms with van der Waals surface area (Å²) >= 11 is 0. The van der Waals surface area contributed by atoms with Crippen LogP contribution in [0.5, 0.6) is 0 Å². The van der Waals surface area contributed by atoms with Gasteiger partial charge in [0.05, 0.1) is 12.5 Å². The van der Waals surface area contributed by atoms with Gasteiger partial charge in [0.15, 0.2) is 11.6 Å². The molecule has 0 fully saturated rings. The van der Waals surface area contributed by atoms with E-state index in [9.17, 15) is 0 Å². The van der Waals surface area contributed by atoms with Gasteiger partial charge in [0.25, 0.3) is 0 Å². The van der Waals surface area contributed by atoms with Crippen LogP contribution in [0.25, 0.3) is 35.6 Å². The van der Waals surface area contributed by atoms with Crippen molar-refractivity contribution in [3.63, 3.8) is 0 Å². The SMILES string of the molecule is C=CCn1ccnc1-c1nc(-c2cncn2C=C)nn1C=C. The lowest BCUT2D eigenvalue weighted by atomic mass is 10.4. The molecule has 3 heterocycles. The summed E-state index contributed by atoms with van der Waals surface area (Å²) in [6.45, 7) is 11.9. The quantitative estimate of drug-likeness (QED) is 0.654. The molecule has 7 heteroatoms. The zero-order chi connectivity index (χ0) is 15.5. The second-order valence-electron chi connectivity index (χ2n) is 4.45. The molecule has 0 aliphatic heterocycles. The van der Waals surface area contributed by atoms with E-state index in [1.807, 2.05) is 10.8 Å². The van der Waals surface area contributed by atoms with Crippen molar-refractivity contribution in [1.82, 2.24) is 33.9 Å². The van der Waals surface area contributed by atoms with Crippen molar-refractivity contribution in [2.45, 2.75) is 6.54 Å². The van der Waals surface area contributed by atoms with Gasteiger partial charge in [0, 0.05) is 31.3 Å². The third-order valence-corrected chi connectivity index (χ3v) is 3.14. The van der Waals surface area contributed by atoms with E-state index in [1.165, 1.54) is 0 Å². The molecule has 7 nitrogen and oxygen atoms in total. The van der Waals surface area contributed by atoms with E-state index in [1.54, 1.807) is 46.4 Å². The van der Waals surface area contributed by atoms with E-state index in [0.717, 1.165) is 5.69 Å². The maximum absolute atomic E-state index is 4.57. The molecule has 0 radical (unpaired) electrons. The molecule has 0 N–H and O–H groups in total. The maximum Gasteiger partial charge on any atom is 0.200 e. The molecule has 0 atom stereocenters. The van der Waals surface area contributed by atoms with Gasteiger partial charge in [-0.25, -0.2) is 19.6 Å². The van der Waals surface area contributed by atoms with Gasteiger partial charge < -0.3 is 9.13 Å². The van der Waals surface area contributed by atoms with Crippen LogP contribution in [0.4, 0.5) is 0 Å². The highest BCUT2D eigenvalue weighted by molar-refractivity contribution is 5.58. The number of aromatic nitrogens is 7. The first-order chi connectivity index (χ1) is 10.8. The summed E-state index contributed by atoms with van der Waals surface area (Å²) in [4.78, 5) is 13.0. The third kappa shape index (κ3) is 2.18. The van der Waals surface area contributed by atoms with Crippen molar-refractivity contribution in [3.8, 4) is 23.2 Å². The Hall–Kier alpha value is -3.22. The summed E-state index contributed by atoms with van der Waals surface area (Å²) in [5.74, 6) is 1.83. The zero-order valence-corrected chi connectivity index (χ0v) is 12.0. The van der Waals surface area contributed by atoms with Gasteiger partial charge in [0.2, 0.25) is 5.82 Å². The van der Waals surface area contributed by atoms with Crippen LogP contribution in [0.3, 0.4) is 0 Å². The summed E-state index contributed by atoms with van der Waals surface area (Å²) in [7, 11) is 0. The predicted molar refractivity (Wildman–Crippen MR) is 85.4 cm³/mol. The summed E-state index contributed by atoms with van der Waals surface area (Å²) < 4.78 is 5.28. The summed E-state index contributed by atoms with van der Waals surface area (Å²) in [5, 5.41) is 4.44. The van der Waals surface area contributed by atoms with Crippen LogP contribution in [0.15, 0.2) is 50.7 Å². The lowest BCUT2D eigenvalue weighted by Crippen LogP contribution is -2.01. The number of hydrogen-bond acceptors (Lipinski definition) is 4. The highest BCUT2D eigenvalue weighted by atomic mass is 15.4. The van der Waals surface area contributed by atoms with Crippen molar-refractivity contribution in [3.05, 3.63) is 50.7 Å². The molecule has 0 aromatic carbocycles. The van der Waals surface area contributed by atoms with Gasteiger partial charge in [-0.05, 0) is 0 Å². The standard InChI is InChI=1S/C15H15N7/c1-4-8-21-9-7-17-14(21)15-18-13(19-22(15)6-3)12-10-16-11-20(12)5-2/h4-7,9-11H,1-3,8H2. The molecule has 3 rings (SSSR count). The number of allylic oxidation sites excluding steroid dienone is 1. The Kier molecular flexibility index (Phi) is 3.53. The van der Waals surface area contributed by atoms with Crippen LogP contribution < -0.4 is 0 Å². The minimum atomic E-state index is 0.528. The van der Waals surface area contributed by atoms with Crippen molar-refractivity contribution in [2.75, 3.05) is 0 Å². The topological polar surface area (TPSA) is 66.3 Å². The monoisotopic (exact) mass is 293 g/mol. The van der Waals surface area contributed by atoms with Gasteiger partial charge in [-0.1, -0.05) is 19.2 Å². The molecule has 22 heavy (non-hydrogen) atoms. The van der Waals surface area contributed by atoms with Crippen LogP contribution in [0.2, 0.25) is 0 Å². The molecule has 0 amide bonds. The zero-order valence-electron chi connectivity index (χ0n) is 12.0. The van der Waals surface area contributed by atoms with E-state index in [-0.39, 0.29) is 0 Å². The smallest absolute Gasteiger partial charge is 0.200 e. The largest absolute Gasteiger partial charge is 0.325 e. The Morgan fingerprint density at radius 3 is 2.73 bits per heavy atom. The van der Waals surface area contributed by atoms with Crippen LogP contribution >= 0.6 is 0 Å². The molecule has 3 aromatic rings. The maximum atomic E-state index is 4.57. The third-order valence-electron chi connectivity index (χ3n) is 3.14. The van der Waals surface area contributed by atoms with Gasteiger partial charge in [0.1, 0.15) is 5.69 Å². The second-order valence-corrected chi connectivity index (χ2v) is 4.45. The fourth-order valence-electron chi connectivity index (χ4n) is 2.14. The summed E-state index contributed by atoms with van der Waals surface area (Å²) in [5.41, 5.74) is 0.749. The highest BCUT2D eigenvalue weighted by Crippen LogP contribution is 2.21. The first-order valence-electron chi connectivity index (χ1n) is 6.64. The molecule has 0 saturated carbocycles. The molecule has 0 aliphatic rings. The molecule has 110 valence electrons. The Labute approximate surface area is 127 Å². The molecule has 0 saturated heterocycles. The van der Waals surface area contributed by atoms with Crippen LogP contribution in [0, 0.1) is 0 Å². The van der Waals surface area contributed by atoms with Crippen molar-refractivity contribution in [2.24, 2.45) is 0 Å². The number of imidazole rings is 2. The van der Waals surface area contributed by atoms with Gasteiger partial charge in [-0.15, -0.1) is 11.7 Å². The average molecular weight is 293 g/mol. The molecule has 0 unspecified atom stereocenters. The molecular formula is C15H15N7. The Morgan fingerprint density at radius 2 is 2.00 bits per heavy atom. The van der Waals surface area contributed by atoms with E-state index < -0.39 is 0 Å². The normalized spacial score (nSPS) is 10.5. The first kappa shape index (κ1) is 13.7. The summed E-state index contributed by atoms with van der Waals surface area (Å²) in [6.07, 6.45) is 12.0. The Balaban J connectivity index is 2.13. The predicted octanol–water partition coefficient (Wildman–Crippen LogP) is 2.39. The van der Waals surface area contributed by atoms with Crippen LogP contribution in [-0.2, 0) is 6.54 Å². The fraction of sp³-hybridized carbons (Fsp3) is 0.0667. The van der Waals surface area contributed by atoms with E-state index >= 15 is 0 Å². The lowest BCUT2D eigenvalue weighted by molar-refractivity contribution is 0.813. The molecule has 0 spiro atoms. The minimum absolute atomic E-state index is 0.528. The van der Waals surface area contributed by atoms with Crippen molar-refractivity contribution >= 4 is 12.4 Å². The second kappa shape index (κ2) is 5.65. The van der Waals surface area contributed by atoms with Gasteiger partial charge in [-0.3, -0.25) is 0 Å². The molecular weight excluding hydrogens is 278 g/mol. The van der Waals surface area contributed by atoms with E-state index in [2.05, 4.69) is 39.8 Å². The number of hydrogen-bond donors (Lipinski definition) is 0. The molecule has 0 bridgehead atoms. The Morgan fingerprint density at radius 1 is 1.14 bits per heavy atom. The minimum Gasteiger partial charge on any atom is -0.325 e. The van der Waals surface area contributed by atoms with Crippen molar-refractivity contribution in [1.29, 1.82) is 0 Å². The molecule has 0 aliphatic carbocycles. The highest BCUT2D eigenvalue weighted by Gasteiger charge is 2.17. The van der Waals surface area contributed by atoms with E-state index in [4.69, 9.17) is 0 Å². The average Bonchev–Trinajstić information content (AvgIpc) is 3.25. The first-order valence-corrected chi connectivity index (χ1v) is 6.64. The van der Waals surface area contributed by atoms with Gasteiger partial charge in [-0.2, -0.15) is 0 Å². The summed E-state index contributed by atoms with van der Waals surface area (Å²) in [6, 6.07) is 0. The van der Waals surface area contributed by atoms with Gasteiger partial charge >= 0.3 is 0 Å². The van der Waals surface area contributed by atoms with Crippen molar-refractivity contribution < 1.29 is 0 Å². The van der Waals surface area contributed by atoms with Crippen LogP contribution in [-0.4, -0.2) is 33.9 Å². The lowest BCUT2D eigenvalue weighted by Gasteiger charge is -2.03. The molecule has 3 aromatic heterocycles. The number of nitrogens with zero attached hydrogens (tertiary/aromatic N) is 7.